The van der Waals surface area contributed by atoms with Crippen LogP contribution in [-0.4, -0.2) is 50.6 Å². The quantitative estimate of drug-likeness (QED) is 0.787. The number of morpholine rings is 1. The Hall–Kier alpha value is -1.44. The topological polar surface area (TPSA) is 72.9 Å². The molecule has 1 aliphatic rings. The van der Waals surface area contributed by atoms with Crippen molar-refractivity contribution in [2.24, 2.45) is 0 Å². The minimum atomic E-state index is -3.58. The molecular weight excluding hydrogens is 306 g/mol. The molecule has 1 aromatic carbocycles. The highest BCUT2D eigenvalue weighted by molar-refractivity contribution is 7.89. The highest BCUT2D eigenvalue weighted by Gasteiger charge is 2.32. The molecule has 1 saturated heterocycles. The first-order valence-corrected chi connectivity index (χ1v) is 8.71. The maximum absolute atomic E-state index is 12.6. The first-order chi connectivity index (χ1) is 10.3. The van der Waals surface area contributed by atoms with E-state index in [4.69, 9.17) is 9.47 Å². The maximum atomic E-state index is 12.6. The van der Waals surface area contributed by atoms with E-state index in [1.165, 1.54) is 28.6 Å². The molecule has 0 N–H and O–H groups in total. The predicted octanol–water partition coefficient (Wildman–Crippen LogP) is 1.66. The van der Waals surface area contributed by atoms with Crippen LogP contribution in [0.1, 0.15) is 31.1 Å². The van der Waals surface area contributed by atoms with Crippen LogP contribution in [0.15, 0.2) is 29.2 Å². The summed E-state index contributed by atoms with van der Waals surface area (Å²) in [7, 11) is -3.58. The molecule has 2 atom stereocenters. The Kier molecular flexibility index (Phi) is 5.20. The Balaban J connectivity index is 2.21. The molecule has 1 fully saturated rings. The number of benzene rings is 1. The third-order valence-electron chi connectivity index (χ3n) is 3.39. The van der Waals surface area contributed by atoms with Crippen molar-refractivity contribution in [1.82, 2.24) is 4.31 Å². The van der Waals surface area contributed by atoms with E-state index in [0.717, 1.165) is 0 Å². The van der Waals surface area contributed by atoms with Crippen molar-refractivity contribution in [1.29, 1.82) is 0 Å². The maximum Gasteiger partial charge on any atom is 0.338 e. The van der Waals surface area contributed by atoms with Crippen LogP contribution in [0.2, 0.25) is 0 Å². The molecule has 1 aliphatic heterocycles. The molecule has 22 heavy (non-hydrogen) atoms. The molecule has 0 unspecified atom stereocenters. The Morgan fingerprint density at radius 3 is 2.27 bits per heavy atom. The molecule has 0 spiro atoms. The van der Waals surface area contributed by atoms with Gasteiger partial charge >= 0.3 is 5.97 Å². The zero-order valence-electron chi connectivity index (χ0n) is 13.0. The second-order valence-electron chi connectivity index (χ2n) is 5.32. The van der Waals surface area contributed by atoms with Crippen molar-refractivity contribution >= 4 is 16.0 Å². The lowest BCUT2D eigenvalue weighted by Gasteiger charge is -2.34. The van der Waals surface area contributed by atoms with E-state index in [0.29, 0.717) is 18.7 Å². The highest BCUT2D eigenvalue weighted by Crippen LogP contribution is 2.21. The summed E-state index contributed by atoms with van der Waals surface area (Å²) in [6.45, 7) is 6.35. The first-order valence-electron chi connectivity index (χ1n) is 7.27. The number of rotatable bonds is 4. The van der Waals surface area contributed by atoms with Crippen LogP contribution < -0.4 is 0 Å². The summed E-state index contributed by atoms with van der Waals surface area (Å²) >= 11 is 0. The zero-order chi connectivity index (χ0) is 16.3. The Morgan fingerprint density at radius 2 is 1.77 bits per heavy atom. The number of carbonyl (C=O) groups excluding carboxylic acids is 1. The fourth-order valence-electron chi connectivity index (χ4n) is 2.45. The summed E-state index contributed by atoms with van der Waals surface area (Å²) in [6, 6.07) is 5.81. The van der Waals surface area contributed by atoms with Crippen molar-refractivity contribution in [3.05, 3.63) is 29.8 Å². The summed E-state index contributed by atoms with van der Waals surface area (Å²) < 4.78 is 37.1. The van der Waals surface area contributed by atoms with Gasteiger partial charge in [-0.25, -0.2) is 13.2 Å². The second kappa shape index (κ2) is 6.76. The van der Waals surface area contributed by atoms with Gasteiger partial charge in [0.15, 0.2) is 0 Å². The van der Waals surface area contributed by atoms with Gasteiger partial charge in [-0.05, 0) is 45.0 Å². The van der Waals surface area contributed by atoms with Gasteiger partial charge in [-0.15, -0.1) is 0 Å². The van der Waals surface area contributed by atoms with Gasteiger partial charge in [-0.1, -0.05) is 0 Å². The smallest absolute Gasteiger partial charge is 0.338 e. The van der Waals surface area contributed by atoms with E-state index in [1.54, 1.807) is 6.92 Å². The van der Waals surface area contributed by atoms with Gasteiger partial charge in [-0.2, -0.15) is 4.31 Å². The molecule has 1 heterocycles. The van der Waals surface area contributed by atoms with Crippen LogP contribution in [0.25, 0.3) is 0 Å². The standard InChI is InChI=1S/C15H21NO5S/c1-4-20-15(17)13-5-7-14(8-6-13)22(18,19)16-9-11(2)21-12(3)10-16/h5-8,11-12H,4,9-10H2,1-3H3/t11-,12-/m1/s1. The Morgan fingerprint density at radius 1 is 1.23 bits per heavy atom. The van der Waals surface area contributed by atoms with E-state index >= 15 is 0 Å². The fraction of sp³-hybridized carbons (Fsp3) is 0.533. The summed E-state index contributed by atoms with van der Waals surface area (Å²) in [5.41, 5.74) is 0.338. The minimum absolute atomic E-state index is 0.141. The Bertz CT molecular complexity index is 616. The van der Waals surface area contributed by atoms with Gasteiger partial charge in [0, 0.05) is 13.1 Å². The number of carbonyl (C=O) groups is 1. The monoisotopic (exact) mass is 327 g/mol. The second-order valence-corrected chi connectivity index (χ2v) is 7.26. The van der Waals surface area contributed by atoms with E-state index in [-0.39, 0.29) is 23.7 Å². The van der Waals surface area contributed by atoms with E-state index in [1.807, 2.05) is 13.8 Å². The SMILES string of the molecule is CCOC(=O)c1ccc(S(=O)(=O)N2C[C@@H](C)O[C@H](C)C2)cc1. The Labute approximate surface area is 131 Å². The van der Waals surface area contributed by atoms with E-state index in [2.05, 4.69) is 0 Å². The van der Waals surface area contributed by atoms with E-state index < -0.39 is 16.0 Å². The third kappa shape index (κ3) is 3.66. The molecule has 2 rings (SSSR count). The van der Waals surface area contributed by atoms with Gasteiger partial charge in [0.1, 0.15) is 0 Å². The molecule has 6 nitrogen and oxygen atoms in total. The van der Waals surface area contributed by atoms with Crippen molar-refractivity contribution in [2.75, 3.05) is 19.7 Å². The highest BCUT2D eigenvalue weighted by atomic mass is 32.2. The fourth-order valence-corrected chi connectivity index (χ4v) is 4.04. The molecule has 0 aromatic heterocycles. The number of ether oxygens (including phenoxy) is 2. The molecule has 0 radical (unpaired) electrons. The van der Waals surface area contributed by atoms with Crippen LogP contribution in [-0.2, 0) is 19.5 Å². The molecule has 0 bridgehead atoms. The molecule has 0 aliphatic carbocycles. The van der Waals surface area contributed by atoms with Gasteiger partial charge < -0.3 is 9.47 Å². The lowest BCUT2D eigenvalue weighted by Crippen LogP contribution is -2.48. The largest absolute Gasteiger partial charge is 0.462 e. The summed E-state index contributed by atoms with van der Waals surface area (Å²) in [5, 5.41) is 0. The molecule has 7 heteroatoms. The molecule has 122 valence electrons. The first kappa shape index (κ1) is 16.9. The van der Waals surface area contributed by atoms with Crippen LogP contribution in [0.4, 0.5) is 0 Å². The van der Waals surface area contributed by atoms with Crippen molar-refractivity contribution < 1.29 is 22.7 Å². The number of nitrogens with zero attached hydrogens (tertiary/aromatic N) is 1. The summed E-state index contributed by atoms with van der Waals surface area (Å²) in [4.78, 5) is 11.8. The number of hydrogen-bond acceptors (Lipinski definition) is 5. The molecule has 0 amide bonds. The van der Waals surface area contributed by atoms with Gasteiger partial charge in [0.05, 0.1) is 29.3 Å². The third-order valence-corrected chi connectivity index (χ3v) is 5.24. The average molecular weight is 327 g/mol. The number of esters is 1. The van der Waals surface area contributed by atoms with Crippen LogP contribution in [0.5, 0.6) is 0 Å². The van der Waals surface area contributed by atoms with Gasteiger partial charge in [0.25, 0.3) is 0 Å². The molecular formula is C15H21NO5S. The van der Waals surface area contributed by atoms with E-state index in [9.17, 15) is 13.2 Å². The van der Waals surface area contributed by atoms with Gasteiger partial charge in [-0.3, -0.25) is 0 Å². The zero-order valence-corrected chi connectivity index (χ0v) is 13.8. The van der Waals surface area contributed by atoms with Crippen LogP contribution >= 0.6 is 0 Å². The van der Waals surface area contributed by atoms with Gasteiger partial charge in [0.2, 0.25) is 10.0 Å². The summed E-state index contributed by atoms with van der Waals surface area (Å²) in [6.07, 6.45) is -0.283. The normalized spacial score (nSPS) is 23.2. The number of hydrogen-bond donors (Lipinski definition) is 0. The lowest BCUT2D eigenvalue weighted by molar-refractivity contribution is -0.0440. The molecule has 1 aromatic rings. The number of sulfonamides is 1. The van der Waals surface area contributed by atoms with Crippen LogP contribution in [0, 0.1) is 0 Å². The average Bonchev–Trinajstić information content (AvgIpc) is 2.46. The minimum Gasteiger partial charge on any atom is -0.462 e. The van der Waals surface area contributed by atoms with Crippen molar-refractivity contribution in [3.63, 3.8) is 0 Å². The van der Waals surface area contributed by atoms with Crippen molar-refractivity contribution in [3.8, 4) is 0 Å². The van der Waals surface area contributed by atoms with Crippen molar-refractivity contribution in [2.45, 2.75) is 37.9 Å². The summed E-state index contributed by atoms with van der Waals surface area (Å²) in [5.74, 6) is -0.458. The van der Waals surface area contributed by atoms with Crippen LogP contribution in [0.3, 0.4) is 0 Å². The lowest BCUT2D eigenvalue weighted by atomic mass is 10.2. The molecule has 0 saturated carbocycles. The predicted molar refractivity (Wildman–Crippen MR) is 81.2 cm³/mol.